The van der Waals surface area contributed by atoms with E-state index in [1.54, 1.807) is 22.8 Å². The summed E-state index contributed by atoms with van der Waals surface area (Å²) in [5.41, 5.74) is -0.325. The molecule has 10 heteroatoms. The fourth-order valence-electron chi connectivity index (χ4n) is 4.83. The predicted octanol–water partition coefficient (Wildman–Crippen LogP) is 1.85. The summed E-state index contributed by atoms with van der Waals surface area (Å²) in [6.45, 7) is 1.51. The second-order valence-electron chi connectivity index (χ2n) is 8.27. The number of anilines is 1. The lowest BCUT2D eigenvalue weighted by Crippen LogP contribution is -2.44. The van der Waals surface area contributed by atoms with Crippen molar-refractivity contribution < 1.29 is 23.8 Å². The zero-order valence-electron chi connectivity index (χ0n) is 18.2. The van der Waals surface area contributed by atoms with Crippen LogP contribution < -0.4 is 25.1 Å². The first kappa shape index (κ1) is 21.2. The van der Waals surface area contributed by atoms with Crippen molar-refractivity contribution in [3.05, 3.63) is 57.6 Å². The quantitative estimate of drug-likeness (QED) is 0.582. The number of benzene rings is 1. The fraction of sp³-hybridized carbons (Fsp3) is 0.348. The summed E-state index contributed by atoms with van der Waals surface area (Å²) >= 11 is 0. The Balaban J connectivity index is 1.70. The van der Waals surface area contributed by atoms with E-state index in [9.17, 15) is 14.7 Å². The first-order chi connectivity index (χ1) is 15.9. The highest BCUT2D eigenvalue weighted by molar-refractivity contribution is 5.92. The van der Waals surface area contributed by atoms with E-state index < -0.39 is 22.8 Å². The highest BCUT2D eigenvalue weighted by Gasteiger charge is 2.39. The number of piperazine rings is 1. The van der Waals surface area contributed by atoms with Gasteiger partial charge in [-0.15, -0.1) is 0 Å². The summed E-state index contributed by atoms with van der Waals surface area (Å²) in [6.07, 6.45) is 2.16. The van der Waals surface area contributed by atoms with Gasteiger partial charge in [-0.2, -0.15) is 0 Å². The van der Waals surface area contributed by atoms with E-state index >= 15 is 4.39 Å². The number of nitrogens with zero attached hydrogens (tertiary/aromatic N) is 3. The van der Waals surface area contributed by atoms with Crippen molar-refractivity contribution in [2.45, 2.75) is 25.0 Å². The van der Waals surface area contributed by atoms with Gasteiger partial charge in [0.25, 0.3) is 0 Å². The van der Waals surface area contributed by atoms with Gasteiger partial charge in [0.1, 0.15) is 11.2 Å². The van der Waals surface area contributed by atoms with E-state index in [0.29, 0.717) is 23.6 Å². The third-order valence-electron chi connectivity index (χ3n) is 6.37. The molecule has 33 heavy (non-hydrogen) atoms. The number of nitrogens with one attached hydrogen (secondary N) is 1. The van der Waals surface area contributed by atoms with Gasteiger partial charge in [0.2, 0.25) is 5.43 Å². The number of pyridine rings is 2. The Hall–Kier alpha value is -3.66. The molecule has 0 saturated carbocycles. The Morgan fingerprint density at radius 1 is 1.33 bits per heavy atom. The minimum absolute atomic E-state index is 0.0829. The van der Waals surface area contributed by atoms with Crippen molar-refractivity contribution in [3.63, 3.8) is 0 Å². The van der Waals surface area contributed by atoms with Gasteiger partial charge in [-0.1, -0.05) is 12.1 Å². The molecule has 0 amide bonds. The number of hydrogen-bond acceptors (Lipinski definition) is 7. The van der Waals surface area contributed by atoms with Crippen LogP contribution >= 0.6 is 0 Å². The van der Waals surface area contributed by atoms with Crippen molar-refractivity contribution in [2.24, 2.45) is 0 Å². The van der Waals surface area contributed by atoms with Crippen LogP contribution in [0.3, 0.4) is 0 Å². The first-order valence-electron chi connectivity index (χ1n) is 10.6. The second-order valence-corrected chi connectivity index (χ2v) is 8.27. The lowest BCUT2D eigenvalue weighted by molar-refractivity contribution is 0.0695. The van der Waals surface area contributed by atoms with Crippen molar-refractivity contribution >= 4 is 22.8 Å². The van der Waals surface area contributed by atoms with Crippen LogP contribution in [0, 0.1) is 5.82 Å². The number of carboxylic acids is 1. The molecule has 0 radical (unpaired) electrons. The van der Waals surface area contributed by atoms with Gasteiger partial charge in [-0.05, 0) is 18.6 Å². The number of aromatic carboxylic acids is 1. The maximum Gasteiger partial charge on any atom is 0.341 e. The molecule has 4 heterocycles. The van der Waals surface area contributed by atoms with Crippen molar-refractivity contribution in [3.8, 4) is 11.5 Å². The highest BCUT2D eigenvalue weighted by Crippen LogP contribution is 2.33. The number of halogens is 1. The third kappa shape index (κ3) is 3.46. The van der Waals surface area contributed by atoms with Gasteiger partial charge in [0, 0.05) is 36.9 Å². The molecule has 2 unspecified atom stereocenters. The summed E-state index contributed by atoms with van der Waals surface area (Å²) in [7, 11) is 3.03. The average molecular weight is 454 g/mol. The summed E-state index contributed by atoms with van der Waals surface area (Å²) in [5.74, 6) is -0.862. The minimum Gasteiger partial charge on any atom is -0.493 e. The molecule has 0 aliphatic carbocycles. The molecule has 5 rings (SSSR count). The Bertz CT molecular complexity index is 1320. The molecule has 2 aliphatic rings. The molecule has 172 valence electrons. The van der Waals surface area contributed by atoms with E-state index in [1.807, 2.05) is 4.90 Å². The van der Waals surface area contributed by atoms with Crippen molar-refractivity contribution in [1.29, 1.82) is 0 Å². The van der Waals surface area contributed by atoms with E-state index in [-0.39, 0.29) is 35.5 Å². The van der Waals surface area contributed by atoms with Crippen LogP contribution in [-0.2, 0) is 6.54 Å². The standard InChI is InChI=1S/C23H23FN4O5/c1-32-18-5-3-4-12(20(18)33-2)9-27-11-16(23(30)31)19(29)15-7-17(24)22(26-21(15)27)28-10-13-6-14(28)8-25-13/h3-5,7,11,13-14,25H,6,8-10H2,1-2H3,(H,30,31). The van der Waals surface area contributed by atoms with E-state index in [0.717, 1.165) is 19.0 Å². The zero-order chi connectivity index (χ0) is 23.3. The summed E-state index contributed by atoms with van der Waals surface area (Å²) in [4.78, 5) is 31.1. The van der Waals surface area contributed by atoms with Crippen LogP contribution in [0.25, 0.3) is 11.0 Å². The number of para-hydroxylation sites is 1. The first-order valence-corrected chi connectivity index (χ1v) is 10.6. The molecular weight excluding hydrogens is 431 g/mol. The number of carbonyl (C=O) groups is 1. The lowest BCUT2D eigenvalue weighted by Gasteiger charge is -2.29. The van der Waals surface area contributed by atoms with Crippen LogP contribution in [0.4, 0.5) is 10.2 Å². The minimum atomic E-state index is -1.39. The Morgan fingerprint density at radius 3 is 2.79 bits per heavy atom. The Labute approximate surface area is 188 Å². The van der Waals surface area contributed by atoms with Crippen molar-refractivity contribution in [2.75, 3.05) is 32.2 Å². The van der Waals surface area contributed by atoms with E-state index in [4.69, 9.17) is 9.47 Å². The highest BCUT2D eigenvalue weighted by atomic mass is 19.1. The van der Waals surface area contributed by atoms with Crippen LogP contribution in [-0.4, -0.2) is 60.0 Å². The Morgan fingerprint density at radius 2 is 2.15 bits per heavy atom. The summed E-state index contributed by atoms with van der Waals surface area (Å²) in [6, 6.07) is 6.85. The molecule has 2 aliphatic heterocycles. The van der Waals surface area contributed by atoms with E-state index in [2.05, 4.69) is 10.3 Å². The number of fused-ring (bicyclic) bond motifs is 3. The Kier molecular flexibility index (Phi) is 5.16. The predicted molar refractivity (Wildman–Crippen MR) is 119 cm³/mol. The van der Waals surface area contributed by atoms with Gasteiger partial charge in [-0.25, -0.2) is 14.2 Å². The molecule has 2 atom stereocenters. The molecule has 2 N–H and O–H groups in total. The summed E-state index contributed by atoms with van der Waals surface area (Å²) in [5, 5.41) is 12.9. The molecule has 2 bridgehead atoms. The molecule has 2 fully saturated rings. The van der Waals surface area contributed by atoms with Gasteiger partial charge in [0.15, 0.2) is 23.1 Å². The summed E-state index contributed by atoms with van der Waals surface area (Å²) < 4.78 is 27.5. The zero-order valence-corrected chi connectivity index (χ0v) is 18.2. The fourth-order valence-corrected chi connectivity index (χ4v) is 4.83. The van der Waals surface area contributed by atoms with Crippen LogP contribution in [0.1, 0.15) is 22.3 Å². The van der Waals surface area contributed by atoms with Gasteiger partial charge in [0.05, 0.1) is 26.2 Å². The number of carboxylic acid groups (broad SMARTS) is 1. The number of methoxy groups -OCH3 is 2. The molecule has 2 aromatic heterocycles. The lowest BCUT2D eigenvalue weighted by atomic mass is 10.1. The monoisotopic (exact) mass is 454 g/mol. The van der Waals surface area contributed by atoms with Gasteiger partial charge < -0.3 is 29.4 Å². The van der Waals surface area contributed by atoms with Crippen LogP contribution in [0.15, 0.2) is 35.3 Å². The molecule has 2 saturated heterocycles. The van der Waals surface area contributed by atoms with Gasteiger partial charge >= 0.3 is 5.97 Å². The number of hydrogen-bond donors (Lipinski definition) is 2. The number of rotatable bonds is 6. The number of aromatic nitrogens is 2. The van der Waals surface area contributed by atoms with Crippen LogP contribution in [0.5, 0.6) is 11.5 Å². The topological polar surface area (TPSA) is 106 Å². The SMILES string of the molecule is COc1cccc(Cn2cc(C(=O)O)c(=O)c3cc(F)c(N4CC5CC4CN5)nc32)c1OC. The van der Waals surface area contributed by atoms with Crippen LogP contribution in [0.2, 0.25) is 0 Å². The molecule has 9 nitrogen and oxygen atoms in total. The molecule has 3 aromatic rings. The van der Waals surface area contributed by atoms with Crippen molar-refractivity contribution in [1.82, 2.24) is 14.9 Å². The normalized spacial score (nSPS) is 19.3. The second kappa shape index (κ2) is 8.04. The molecular formula is C23H23FN4O5. The molecule has 1 aromatic carbocycles. The largest absolute Gasteiger partial charge is 0.493 e. The average Bonchev–Trinajstić information content (AvgIpc) is 3.44. The third-order valence-corrected chi connectivity index (χ3v) is 6.37. The van der Waals surface area contributed by atoms with E-state index in [1.165, 1.54) is 20.4 Å². The maximum absolute atomic E-state index is 15.1. The smallest absolute Gasteiger partial charge is 0.341 e. The number of ether oxygens (including phenoxy) is 2. The maximum atomic E-state index is 15.1. The molecule has 0 spiro atoms. The van der Waals surface area contributed by atoms with Gasteiger partial charge in [-0.3, -0.25) is 4.79 Å².